The number of hydrogen-bond acceptors (Lipinski definition) is 5. The number of rotatable bonds is 2. The minimum Gasteiger partial charge on any atom is -0.346 e. The molecule has 1 N–H and O–H groups in total. The lowest BCUT2D eigenvalue weighted by atomic mass is 9.92. The molecule has 0 radical (unpaired) electrons. The van der Waals surface area contributed by atoms with Gasteiger partial charge in [0.05, 0.1) is 11.8 Å². The number of H-pyrrole nitrogens is 1. The smallest absolute Gasteiger partial charge is 0.243 e. The molecule has 8 nitrogen and oxygen atoms in total. The number of carbonyl (C=O) groups is 1. The molecular formula is C17H17N7O. The van der Waals surface area contributed by atoms with E-state index in [1.54, 1.807) is 10.8 Å². The van der Waals surface area contributed by atoms with Crippen molar-refractivity contribution in [1.82, 2.24) is 29.7 Å². The normalized spacial score (nSPS) is 22.2. The molecule has 126 valence electrons. The Morgan fingerprint density at radius 3 is 3.12 bits per heavy atom. The Bertz CT molecular complexity index is 1020. The molecule has 1 atom stereocenters. The average molecular weight is 335 g/mol. The van der Waals surface area contributed by atoms with E-state index < -0.39 is 5.41 Å². The molecule has 1 saturated carbocycles. The van der Waals surface area contributed by atoms with Crippen LogP contribution in [0.4, 0.5) is 0 Å². The first-order valence-electron chi connectivity index (χ1n) is 8.59. The van der Waals surface area contributed by atoms with E-state index >= 15 is 0 Å². The summed E-state index contributed by atoms with van der Waals surface area (Å²) < 4.78 is 1.70. The van der Waals surface area contributed by atoms with Gasteiger partial charge in [-0.2, -0.15) is 5.26 Å². The summed E-state index contributed by atoms with van der Waals surface area (Å²) in [5, 5.41) is 18.9. The van der Waals surface area contributed by atoms with Crippen molar-refractivity contribution in [2.45, 2.75) is 31.6 Å². The van der Waals surface area contributed by atoms with Crippen LogP contribution in [0.15, 0.2) is 18.6 Å². The first-order chi connectivity index (χ1) is 12.2. The minimum atomic E-state index is -0.756. The highest BCUT2D eigenvalue weighted by atomic mass is 16.2. The third-order valence-corrected chi connectivity index (χ3v) is 5.47. The molecule has 1 aliphatic heterocycles. The molecule has 8 heteroatoms. The van der Waals surface area contributed by atoms with Crippen LogP contribution >= 0.6 is 0 Å². The van der Waals surface area contributed by atoms with Crippen molar-refractivity contribution >= 4 is 22.5 Å². The summed E-state index contributed by atoms with van der Waals surface area (Å²) in [6.07, 6.45) is 6.77. The van der Waals surface area contributed by atoms with Crippen LogP contribution in [0.3, 0.4) is 0 Å². The maximum atomic E-state index is 12.7. The van der Waals surface area contributed by atoms with Crippen molar-refractivity contribution in [3.63, 3.8) is 0 Å². The van der Waals surface area contributed by atoms with Gasteiger partial charge in [-0.25, -0.2) is 9.50 Å². The van der Waals surface area contributed by atoms with Gasteiger partial charge in [-0.15, -0.1) is 5.10 Å². The van der Waals surface area contributed by atoms with Gasteiger partial charge < -0.3 is 9.88 Å². The van der Waals surface area contributed by atoms with Crippen molar-refractivity contribution in [1.29, 1.82) is 5.26 Å². The summed E-state index contributed by atoms with van der Waals surface area (Å²) in [7, 11) is 0. The van der Waals surface area contributed by atoms with Crippen LogP contribution < -0.4 is 0 Å². The van der Waals surface area contributed by atoms with Crippen LogP contribution in [0.25, 0.3) is 16.6 Å². The molecule has 25 heavy (non-hydrogen) atoms. The Morgan fingerprint density at radius 1 is 1.44 bits per heavy atom. The molecule has 1 aliphatic carbocycles. The zero-order valence-electron chi connectivity index (χ0n) is 13.6. The van der Waals surface area contributed by atoms with Crippen molar-refractivity contribution in [2.24, 2.45) is 5.41 Å². The topological polar surface area (TPSA) is 103 Å². The highest BCUT2D eigenvalue weighted by Crippen LogP contribution is 2.47. The summed E-state index contributed by atoms with van der Waals surface area (Å²) in [5.74, 6) is 0.120. The molecule has 3 aromatic rings. The van der Waals surface area contributed by atoms with E-state index in [9.17, 15) is 10.1 Å². The first-order valence-corrected chi connectivity index (χ1v) is 8.59. The van der Waals surface area contributed by atoms with Gasteiger partial charge in [0.2, 0.25) is 5.91 Å². The largest absolute Gasteiger partial charge is 0.346 e. The fourth-order valence-corrected chi connectivity index (χ4v) is 3.88. The summed E-state index contributed by atoms with van der Waals surface area (Å²) >= 11 is 0. The van der Waals surface area contributed by atoms with E-state index in [4.69, 9.17) is 0 Å². The Balaban J connectivity index is 1.51. The number of amides is 1. The van der Waals surface area contributed by atoms with Gasteiger partial charge in [0.25, 0.3) is 0 Å². The van der Waals surface area contributed by atoms with Gasteiger partial charge in [-0.1, -0.05) is 5.21 Å². The Hall–Kier alpha value is -2.95. The van der Waals surface area contributed by atoms with Crippen LogP contribution in [0, 0.1) is 16.7 Å². The van der Waals surface area contributed by atoms with Gasteiger partial charge in [0, 0.05) is 30.6 Å². The molecule has 0 bridgehead atoms. The van der Waals surface area contributed by atoms with E-state index in [-0.39, 0.29) is 11.8 Å². The van der Waals surface area contributed by atoms with Crippen molar-refractivity contribution < 1.29 is 4.79 Å². The summed E-state index contributed by atoms with van der Waals surface area (Å²) in [6, 6.07) is 4.19. The highest BCUT2D eigenvalue weighted by Gasteiger charge is 2.53. The van der Waals surface area contributed by atoms with Gasteiger partial charge >= 0.3 is 0 Å². The van der Waals surface area contributed by atoms with Gasteiger partial charge in [-0.05, 0) is 31.7 Å². The standard InChI is InChI=1S/C17H17N7O/c18-9-17(4-5-17)16(25)23-7-1-2-11(8-23)13-14-12-3-6-19-15(12)20-10-24(14)22-21-13/h3,6,10-11,19H,1-2,4-5,7-8H2. The maximum Gasteiger partial charge on any atom is 0.243 e. The van der Waals surface area contributed by atoms with Gasteiger partial charge in [0.1, 0.15) is 22.9 Å². The van der Waals surface area contributed by atoms with Crippen molar-refractivity contribution in [2.75, 3.05) is 13.1 Å². The third kappa shape index (κ3) is 2.05. The number of piperidine rings is 1. The van der Waals surface area contributed by atoms with Crippen LogP contribution in [-0.2, 0) is 4.79 Å². The van der Waals surface area contributed by atoms with E-state index in [1.165, 1.54) is 0 Å². The van der Waals surface area contributed by atoms with E-state index in [0.29, 0.717) is 19.4 Å². The summed E-state index contributed by atoms with van der Waals surface area (Å²) in [4.78, 5) is 22.0. The quantitative estimate of drug-likeness (QED) is 0.766. The Morgan fingerprint density at radius 2 is 2.32 bits per heavy atom. The van der Waals surface area contributed by atoms with E-state index in [1.807, 2.05) is 17.2 Å². The summed E-state index contributed by atoms with van der Waals surface area (Å²) in [5.41, 5.74) is 1.91. The second kappa shape index (κ2) is 5.02. The molecule has 2 aliphatic rings. The fourth-order valence-electron chi connectivity index (χ4n) is 3.88. The number of carbonyl (C=O) groups excluding carboxylic acids is 1. The van der Waals surface area contributed by atoms with E-state index in [2.05, 4.69) is 26.3 Å². The number of nitrogens with zero attached hydrogens (tertiary/aromatic N) is 6. The Kier molecular flexibility index (Phi) is 2.89. The van der Waals surface area contributed by atoms with Crippen molar-refractivity contribution in [3.05, 3.63) is 24.3 Å². The lowest BCUT2D eigenvalue weighted by Gasteiger charge is -2.33. The minimum absolute atomic E-state index is 0.00960. The van der Waals surface area contributed by atoms with Crippen LogP contribution in [0.2, 0.25) is 0 Å². The lowest BCUT2D eigenvalue weighted by Crippen LogP contribution is -2.43. The van der Waals surface area contributed by atoms with Crippen LogP contribution in [0.1, 0.15) is 37.3 Å². The number of fused-ring (bicyclic) bond motifs is 3. The summed E-state index contributed by atoms with van der Waals surface area (Å²) in [6.45, 7) is 1.32. The molecule has 1 amide bonds. The zero-order valence-corrected chi connectivity index (χ0v) is 13.6. The highest BCUT2D eigenvalue weighted by molar-refractivity contribution is 5.93. The van der Waals surface area contributed by atoms with Crippen LogP contribution in [0.5, 0.6) is 0 Å². The monoisotopic (exact) mass is 335 g/mol. The average Bonchev–Trinajstić information content (AvgIpc) is 3.10. The zero-order chi connectivity index (χ0) is 17.0. The first kappa shape index (κ1) is 14.4. The molecule has 2 fully saturated rings. The molecule has 3 aromatic heterocycles. The van der Waals surface area contributed by atoms with Gasteiger partial charge in [-0.3, -0.25) is 4.79 Å². The second-order valence-electron chi connectivity index (χ2n) is 7.04. The molecule has 4 heterocycles. The fraction of sp³-hybridized carbons (Fsp3) is 0.471. The molecule has 5 rings (SSSR count). The number of aromatic amines is 1. The maximum absolute atomic E-state index is 12.7. The molecular weight excluding hydrogens is 318 g/mol. The number of hydrogen-bond donors (Lipinski definition) is 1. The number of aromatic nitrogens is 5. The molecule has 0 aromatic carbocycles. The lowest BCUT2D eigenvalue weighted by molar-refractivity contribution is -0.136. The molecule has 1 unspecified atom stereocenters. The number of nitrogens with one attached hydrogen (secondary N) is 1. The Labute approximate surface area is 143 Å². The second-order valence-corrected chi connectivity index (χ2v) is 7.04. The van der Waals surface area contributed by atoms with Crippen LogP contribution in [-0.4, -0.2) is 48.7 Å². The SMILES string of the molecule is N#CC1(C(=O)N2CCCC(c3nnn4cnc5[nH]ccc5c34)C2)CC1. The third-order valence-electron chi connectivity index (χ3n) is 5.47. The predicted octanol–water partition coefficient (Wildman–Crippen LogP) is 1.62. The predicted molar refractivity (Wildman–Crippen MR) is 88.5 cm³/mol. The van der Waals surface area contributed by atoms with E-state index in [0.717, 1.165) is 41.6 Å². The molecule has 0 spiro atoms. The number of likely N-dealkylation sites (tertiary alicyclic amines) is 1. The number of nitriles is 1. The van der Waals surface area contributed by atoms with Crippen molar-refractivity contribution in [3.8, 4) is 6.07 Å². The van der Waals surface area contributed by atoms with Gasteiger partial charge in [0.15, 0.2) is 0 Å². The molecule has 1 saturated heterocycles.